The number of piperidine rings is 1. The van der Waals surface area contributed by atoms with Gasteiger partial charge in [0.25, 0.3) is 5.91 Å². The van der Waals surface area contributed by atoms with Gasteiger partial charge in [-0.1, -0.05) is 42.2 Å². The highest BCUT2D eigenvalue weighted by Gasteiger charge is 2.54. The molecule has 1 unspecified atom stereocenters. The Morgan fingerprint density at radius 1 is 1.16 bits per heavy atom. The predicted molar refractivity (Wildman–Crippen MR) is 135 cm³/mol. The molecule has 196 valence electrons. The van der Waals surface area contributed by atoms with Crippen LogP contribution >= 0.6 is 0 Å². The molecule has 2 aromatic rings. The van der Waals surface area contributed by atoms with Gasteiger partial charge in [0.1, 0.15) is 24.6 Å². The van der Waals surface area contributed by atoms with E-state index in [4.69, 9.17) is 4.74 Å². The second-order valence-electron chi connectivity index (χ2n) is 9.64. The minimum absolute atomic E-state index is 0.00447. The van der Waals surface area contributed by atoms with E-state index in [1.165, 1.54) is 22.7 Å². The first-order chi connectivity index (χ1) is 17.5. The van der Waals surface area contributed by atoms with Crippen LogP contribution in [0, 0.1) is 29.0 Å². The van der Waals surface area contributed by atoms with E-state index in [1.807, 2.05) is 35.1 Å². The lowest BCUT2D eigenvalue weighted by atomic mass is 9.92. The molecule has 2 saturated heterocycles. The topological polar surface area (TPSA) is 113 Å². The van der Waals surface area contributed by atoms with Gasteiger partial charge in [0.2, 0.25) is 10.0 Å². The summed E-state index contributed by atoms with van der Waals surface area (Å²) in [4.78, 5) is 11.8. The summed E-state index contributed by atoms with van der Waals surface area (Å²) in [6.45, 7) is 0.386. The molecule has 2 aromatic carbocycles. The molecule has 1 saturated carbocycles. The number of benzene rings is 2. The molecule has 2 aliphatic heterocycles. The molecular formula is C25H26FN3O6S2. The number of ether oxygens (including phenoxy) is 1. The lowest BCUT2D eigenvalue weighted by molar-refractivity contribution is -0.117. The SMILES string of the molecule is CS(=O)(=O)N1CCC2(CC1)CC2C#Cc1ccc(OCc2ccccc2)c(N2CC(=O)NS2(=O)=O)c1F. The van der Waals surface area contributed by atoms with Gasteiger partial charge in [-0.25, -0.2) is 26.1 Å². The van der Waals surface area contributed by atoms with Crippen molar-refractivity contribution >= 4 is 31.8 Å². The average molecular weight is 548 g/mol. The number of carbonyl (C=O) groups is 1. The van der Waals surface area contributed by atoms with Gasteiger partial charge in [0.05, 0.1) is 11.8 Å². The molecule has 9 nitrogen and oxygen atoms in total. The number of nitrogens with zero attached hydrogens (tertiary/aromatic N) is 2. The maximum atomic E-state index is 15.8. The summed E-state index contributed by atoms with van der Waals surface area (Å²) in [7, 11) is -7.51. The number of hydrogen-bond acceptors (Lipinski definition) is 6. The third-order valence-electron chi connectivity index (χ3n) is 7.14. The summed E-state index contributed by atoms with van der Waals surface area (Å²) < 4.78 is 74.1. The van der Waals surface area contributed by atoms with Crippen molar-refractivity contribution in [2.75, 3.05) is 30.2 Å². The number of sulfonamides is 1. The van der Waals surface area contributed by atoms with E-state index in [9.17, 15) is 21.6 Å². The molecule has 37 heavy (non-hydrogen) atoms. The fourth-order valence-electron chi connectivity index (χ4n) is 4.91. The van der Waals surface area contributed by atoms with Crippen LogP contribution in [0.15, 0.2) is 42.5 Å². The van der Waals surface area contributed by atoms with E-state index in [0.717, 1.165) is 12.0 Å². The molecule has 1 atom stereocenters. The van der Waals surface area contributed by atoms with Gasteiger partial charge in [0.15, 0.2) is 5.82 Å². The third kappa shape index (κ3) is 5.16. The molecule has 1 amide bonds. The number of carbonyl (C=O) groups excluding carboxylic acids is 1. The quantitative estimate of drug-likeness (QED) is 0.573. The smallest absolute Gasteiger partial charge is 0.326 e. The summed E-state index contributed by atoms with van der Waals surface area (Å²) in [5.41, 5.74) is 0.360. The fraction of sp³-hybridized carbons (Fsp3) is 0.400. The Hall–Kier alpha value is -3.14. The van der Waals surface area contributed by atoms with Crippen molar-refractivity contribution in [1.29, 1.82) is 0 Å². The molecule has 0 aromatic heterocycles. The van der Waals surface area contributed by atoms with Gasteiger partial charge in [-0.05, 0) is 42.4 Å². The fourth-order valence-corrected chi connectivity index (χ4v) is 6.91. The Bertz CT molecular complexity index is 1510. The van der Waals surface area contributed by atoms with Gasteiger partial charge < -0.3 is 4.74 Å². The number of anilines is 1. The highest BCUT2D eigenvalue weighted by molar-refractivity contribution is 7.92. The summed E-state index contributed by atoms with van der Waals surface area (Å²) in [6.07, 6.45) is 3.40. The molecule has 12 heteroatoms. The van der Waals surface area contributed by atoms with E-state index < -0.39 is 38.5 Å². The molecule has 1 aliphatic carbocycles. The van der Waals surface area contributed by atoms with E-state index in [-0.39, 0.29) is 34.9 Å². The highest BCUT2D eigenvalue weighted by Crippen LogP contribution is 2.59. The van der Waals surface area contributed by atoms with Crippen LogP contribution in [-0.4, -0.2) is 52.9 Å². The van der Waals surface area contributed by atoms with Crippen LogP contribution in [0.4, 0.5) is 10.1 Å². The first-order valence-electron chi connectivity index (χ1n) is 11.8. The number of amides is 1. The monoisotopic (exact) mass is 547 g/mol. The first kappa shape index (κ1) is 25.5. The van der Waals surface area contributed by atoms with Crippen molar-refractivity contribution < 1.29 is 30.8 Å². The van der Waals surface area contributed by atoms with Crippen molar-refractivity contribution in [1.82, 2.24) is 9.03 Å². The van der Waals surface area contributed by atoms with Crippen molar-refractivity contribution in [2.24, 2.45) is 11.3 Å². The molecule has 3 fully saturated rings. The summed E-state index contributed by atoms with van der Waals surface area (Å²) in [6, 6.07) is 12.0. The van der Waals surface area contributed by atoms with Crippen LogP contribution in [-0.2, 0) is 31.6 Å². The Kier molecular flexibility index (Phi) is 6.42. The normalized spacial score (nSPS) is 22.3. The van der Waals surface area contributed by atoms with E-state index in [0.29, 0.717) is 30.2 Å². The zero-order chi connectivity index (χ0) is 26.4. The van der Waals surface area contributed by atoms with Gasteiger partial charge in [-0.3, -0.25) is 4.79 Å². The summed E-state index contributed by atoms with van der Waals surface area (Å²) in [5, 5.41) is 0. The molecule has 1 N–H and O–H groups in total. The van der Waals surface area contributed by atoms with E-state index in [2.05, 4.69) is 11.8 Å². The number of halogens is 1. The van der Waals surface area contributed by atoms with Gasteiger partial charge in [-0.15, -0.1) is 0 Å². The molecule has 0 bridgehead atoms. The maximum absolute atomic E-state index is 15.8. The third-order valence-corrected chi connectivity index (χ3v) is 9.82. The summed E-state index contributed by atoms with van der Waals surface area (Å²) in [5.74, 6) is 4.27. The number of nitrogens with one attached hydrogen (secondary N) is 1. The van der Waals surface area contributed by atoms with E-state index in [1.54, 1.807) is 0 Å². The first-order valence-corrected chi connectivity index (χ1v) is 15.1. The van der Waals surface area contributed by atoms with Crippen molar-refractivity contribution in [3.63, 3.8) is 0 Å². The zero-order valence-electron chi connectivity index (χ0n) is 20.1. The van der Waals surface area contributed by atoms with Crippen LogP contribution in [0.25, 0.3) is 0 Å². The Balaban J connectivity index is 1.40. The van der Waals surface area contributed by atoms with E-state index >= 15 is 4.39 Å². The van der Waals surface area contributed by atoms with Crippen LogP contribution < -0.4 is 13.8 Å². The lowest BCUT2D eigenvalue weighted by Gasteiger charge is -2.30. The Morgan fingerprint density at radius 3 is 2.49 bits per heavy atom. The predicted octanol–water partition coefficient (Wildman–Crippen LogP) is 2.00. The molecule has 3 aliphatic rings. The molecular weight excluding hydrogens is 521 g/mol. The lowest BCUT2D eigenvalue weighted by Crippen LogP contribution is -2.38. The van der Waals surface area contributed by atoms with Crippen molar-refractivity contribution in [2.45, 2.75) is 25.9 Å². The molecule has 0 radical (unpaired) electrons. The highest BCUT2D eigenvalue weighted by atomic mass is 32.2. The van der Waals surface area contributed by atoms with Gasteiger partial charge >= 0.3 is 10.2 Å². The minimum Gasteiger partial charge on any atom is -0.487 e. The van der Waals surface area contributed by atoms with Gasteiger partial charge in [-0.2, -0.15) is 8.42 Å². The van der Waals surface area contributed by atoms with Crippen LogP contribution in [0.5, 0.6) is 5.75 Å². The number of hydrogen-bond donors (Lipinski definition) is 1. The Labute approximate surface area is 215 Å². The average Bonchev–Trinajstić information content (AvgIpc) is 3.42. The van der Waals surface area contributed by atoms with Crippen LogP contribution in [0.2, 0.25) is 0 Å². The molecule has 1 spiro atoms. The summed E-state index contributed by atoms with van der Waals surface area (Å²) >= 11 is 0. The second-order valence-corrected chi connectivity index (χ2v) is 13.2. The second kappa shape index (κ2) is 9.31. The van der Waals surface area contributed by atoms with Crippen molar-refractivity contribution in [3.05, 3.63) is 59.4 Å². The van der Waals surface area contributed by atoms with Crippen LogP contribution in [0.1, 0.15) is 30.4 Å². The zero-order valence-corrected chi connectivity index (χ0v) is 21.7. The Morgan fingerprint density at radius 2 is 1.86 bits per heavy atom. The van der Waals surface area contributed by atoms with Crippen molar-refractivity contribution in [3.8, 4) is 17.6 Å². The van der Waals surface area contributed by atoms with Crippen LogP contribution in [0.3, 0.4) is 0 Å². The standard InChI is InChI=1S/C25H26FN3O6S2/c1-36(31,32)28-13-11-25(12-14-28)15-20(25)9-7-19-8-10-21(35-17-18-5-3-2-4-6-18)24(23(19)26)29-16-22(30)27-37(29,33)34/h2-6,8,10,20H,11-17H2,1H3,(H,27,30). The molecule has 5 rings (SSSR count). The maximum Gasteiger partial charge on any atom is 0.326 e. The largest absolute Gasteiger partial charge is 0.487 e. The van der Waals surface area contributed by atoms with Gasteiger partial charge in [0, 0.05) is 19.0 Å². The molecule has 2 heterocycles. The number of rotatable bonds is 5. The minimum atomic E-state index is -4.28.